The standard InChI is InChI=1S/C7H14N2O4/c1-5(4-10)6(8-7(11)12)9(2)13-3/h4-6,8H,1-3H3,(H,11,12). The highest BCUT2D eigenvalue weighted by atomic mass is 16.7. The third-order valence-electron chi connectivity index (χ3n) is 1.66. The second-order valence-electron chi connectivity index (χ2n) is 2.62. The summed E-state index contributed by atoms with van der Waals surface area (Å²) in [5, 5.41) is 11.9. The van der Waals surface area contributed by atoms with Crippen molar-refractivity contribution in [2.45, 2.75) is 13.1 Å². The Labute approximate surface area is 76.4 Å². The van der Waals surface area contributed by atoms with E-state index in [1.54, 1.807) is 14.0 Å². The first-order valence-corrected chi connectivity index (χ1v) is 3.74. The van der Waals surface area contributed by atoms with Gasteiger partial charge in [-0.05, 0) is 0 Å². The van der Waals surface area contributed by atoms with E-state index in [1.807, 2.05) is 0 Å². The summed E-state index contributed by atoms with van der Waals surface area (Å²) in [5.41, 5.74) is 0. The molecule has 0 heterocycles. The van der Waals surface area contributed by atoms with Crippen LogP contribution < -0.4 is 5.32 Å². The molecule has 2 N–H and O–H groups in total. The number of hydrogen-bond acceptors (Lipinski definition) is 4. The minimum Gasteiger partial charge on any atom is -0.465 e. The molecule has 76 valence electrons. The highest BCUT2D eigenvalue weighted by Crippen LogP contribution is 2.04. The average Bonchev–Trinajstić information content (AvgIpc) is 2.11. The number of carbonyl (C=O) groups is 2. The second-order valence-corrected chi connectivity index (χ2v) is 2.62. The molecule has 0 radical (unpaired) electrons. The lowest BCUT2D eigenvalue weighted by molar-refractivity contribution is -0.160. The summed E-state index contributed by atoms with van der Waals surface area (Å²) in [6.07, 6.45) is -1.20. The van der Waals surface area contributed by atoms with Crippen molar-refractivity contribution in [3.8, 4) is 0 Å². The molecule has 0 aliphatic heterocycles. The van der Waals surface area contributed by atoms with Crippen LogP contribution in [0.2, 0.25) is 0 Å². The van der Waals surface area contributed by atoms with Gasteiger partial charge in [0.05, 0.1) is 7.11 Å². The number of carboxylic acid groups (broad SMARTS) is 1. The van der Waals surface area contributed by atoms with Crippen LogP contribution in [0.1, 0.15) is 6.92 Å². The fourth-order valence-corrected chi connectivity index (χ4v) is 0.868. The van der Waals surface area contributed by atoms with Gasteiger partial charge in [0.1, 0.15) is 12.5 Å². The van der Waals surface area contributed by atoms with Crippen molar-refractivity contribution in [2.24, 2.45) is 5.92 Å². The average molecular weight is 190 g/mol. The Morgan fingerprint density at radius 1 is 1.69 bits per heavy atom. The summed E-state index contributed by atoms with van der Waals surface area (Å²) >= 11 is 0. The molecule has 0 bridgehead atoms. The summed E-state index contributed by atoms with van der Waals surface area (Å²) < 4.78 is 0. The van der Waals surface area contributed by atoms with Gasteiger partial charge in [-0.25, -0.2) is 4.79 Å². The minimum absolute atomic E-state index is 0.471. The van der Waals surface area contributed by atoms with Crippen LogP contribution in [0.3, 0.4) is 0 Å². The molecule has 0 rings (SSSR count). The lowest BCUT2D eigenvalue weighted by Gasteiger charge is -2.27. The SMILES string of the molecule is CON(C)C(NC(=O)O)C(C)C=O. The molecule has 6 heteroatoms. The third-order valence-corrected chi connectivity index (χ3v) is 1.66. The van der Waals surface area contributed by atoms with E-state index in [9.17, 15) is 9.59 Å². The van der Waals surface area contributed by atoms with Crippen LogP contribution in [0.15, 0.2) is 0 Å². The van der Waals surface area contributed by atoms with Gasteiger partial charge in [-0.2, -0.15) is 5.06 Å². The van der Waals surface area contributed by atoms with E-state index in [2.05, 4.69) is 5.32 Å². The van der Waals surface area contributed by atoms with Crippen LogP contribution in [0.5, 0.6) is 0 Å². The Morgan fingerprint density at radius 2 is 2.23 bits per heavy atom. The van der Waals surface area contributed by atoms with Crippen LogP contribution in [-0.2, 0) is 9.63 Å². The maximum absolute atomic E-state index is 10.4. The molecule has 0 aliphatic carbocycles. The van der Waals surface area contributed by atoms with Crippen LogP contribution in [0, 0.1) is 5.92 Å². The number of rotatable bonds is 5. The molecule has 2 atom stereocenters. The van der Waals surface area contributed by atoms with E-state index in [0.717, 1.165) is 0 Å². The zero-order chi connectivity index (χ0) is 10.4. The summed E-state index contributed by atoms with van der Waals surface area (Å²) in [6.45, 7) is 1.60. The lowest BCUT2D eigenvalue weighted by Crippen LogP contribution is -2.49. The Bertz CT molecular complexity index is 185. The van der Waals surface area contributed by atoms with Crippen molar-refractivity contribution in [3.05, 3.63) is 0 Å². The van der Waals surface area contributed by atoms with Crippen molar-refractivity contribution in [1.82, 2.24) is 10.4 Å². The van der Waals surface area contributed by atoms with Crippen LogP contribution in [-0.4, -0.2) is 42.9 Å². The third kappa shape index (κ3) is 3.86. The molecule has 0 spiro atoms. The summed E-state index contributed by atoms with van der Waals surface area (Å²) in [7, 11) is 2.94. The van der Waals surface area contributed by atoms with E-state index in [1.165, 1.54) is 12.2 Å². The molecule has 0 aromatic rings. The van der Waals surface area contributed by atoms with Gasteiger partial charge in [0.15, 0.2) is 0 Å². The molecule has 0 aromatic carbocycles. The summed E-state index contributed by atoms with van der Waals surface area (Å²) in [6, 6.07) is 0. The zero-order valence-electron chi connectivity index (χ0n) is 7.85. The molecule has 0 aliphatic rings. The molecule has 6 nitrogen and oxygen atoms in total. The molecule has 0 aromatic heterocycles. The van der Waals surface area contributed by atoms with Gasteiger partial charge in [-0.3, -0.25) is 0 Å². The van der Waals surface area contributed by atoms with E-state index in [4.69, 9.17) is 9.94 Å². The zero-order valence-corrected chi connectivity index (χ0v) is 7.85. The van der Waals surface area contributed by atoms with Crippen LogP contribution in [0.4, 0.5) is 4.79 Å². The van der Waals surface area contributed by atoms with E-state index >= 15 is 0 Å². The number of amides is 1. The van der Waals surface area contributed by atoms with Crippen molar-refractivity contribution in [2.75, 3.05) is 14.2 Å². The molecular weight excluding hydrogens is 176 g/mol. The van der Waals surface area contributed by atoms with Crippen molar-refractivity contribution in [3.63, 3.8) is 0 Å². The fraction of sp³-hybridized carbons (Fsp3) is 0.714. The van der Waals surface area contributed by atoms with Crippen LogP contribution in [0.25, 0.3) is 0 Å². The van der Waals surface area contributed by atoms with E-state index < -0.39 is 18.2 Å². The first-order chi connectivity index (χ1) is 6.02. The Hall–Kier alpha value is -1.14. The van der Waals surface area contributed by atoms with Crippen molar-refractivity contribution >= 4 is 12.4 Å². The Kier molecular flexibility index (Phi) is 5.01. The maximum Gasteiger partial charge on any atom is 0.405 e. The first kappa shape index (κ1) is 11.9. The second kappa shape index (κ2) is 5.50. The van der Waals surface area contributed by atoms with Crippen molar-refractivity contribution < 1.29 is 19.5 Å². The van der Waals surface area contributed by atoms with Gasteiger partial charge in [-0.15, -0.1) is 0 Å². The topological polar surface area (TPSA) is 78.9 Å². The molecule has 2 unspecified atom stereocenters. The molecule has 13 heavy (non-hydrogen) atoms. The minimum atomic E-state index is -1.19. The highest BCUT2D eigenvalue weighted by molar-refractivity contribution is 5.66. The highest BCUT2D eigenvalue weighted by Gasteiger charge is 2.23. The molecule has 0 saturated heterocycles. The van der Waals surface area contributed by atoms with Gasteiger partial charge in [0.2, 0.25) is 0 Å². The van der Waals surface area contributed by atoms with Crippen LogP contribution >= 0.6 is 0 Å². The summed E-state index contributed by atoms with van der Waals surface area (Å²) in [5.74, 6) is -0.471. The van der Waals surface area contributed by atoms with Gasteiger partial charge in [0.25, 0.3) is 0 Å². The van der Waals surface area contributed by atoms with Gasteiger partial charge < -0.3 is 20.1 Å². The predicted molar refractivity (Wildman–Crippen MR) is 44.9 cm³/mol. The smallest absolute Gasteiger partial charge is 0.405 e. The molecule has 0 saturated carbocycles. The van der Waals surface area contributed by atoms with E-state index in [0.29, 0.717) is 6.29 Å². The van der Waals surface area contributed by atoms with Gasteiger partial charge in [-0.1, -0.05) is 6.92 Å². The molecule has 1 amide bonds. The number of hydroxylamine groups is 2. The summed E-state index contributed by atoms with van der Waals surface area (Å²) in [4.78, 5) is 25.6. The first-order valence-electron chi connectivity index (χ1n) is 3.74. The Morgan fingerprint density at radius 3 is 2.54 bits per heavy atom. The number of aldehydes is 1. The predicted octanol–water partition coefficient (Wildman–Crippen LogP) is -0.0917. The molecule has 0 fully saturated rings. The number of carbonyl (C=O) groups excluding carboxylic acids is 1. The van der Waals surface area contributed by atoms with E-state index in [-0.39, 0.29) is 0 Å². The number of hydrogen-bond donors (Lipinski definition) is 2. The number of nitrogens with zero attached hydrogens (tertiary/aromatic N) is 1. The maximum atomic E-state index is 10.4. The monoisotopic (exact) mass is 190 g/mol. The lowest BCUT2D eigenvalue weighted by atomic mass is 10.1. The largest absolute Gasteiger partial charge is 0.465 e. The van der Waals surface area contributed by atoms with Gasteiger partial charge in [0, 0.05) is 13.0 Å². The Balaban J connectivity index is 4.34. The van der Waals surface area contributed by atoms with Crippen molar-refractivity contribution in [1.29, 1.82) is 0 Å². The van der Waals surface area contributed by atoms with Gasteiger partial charge >= 0.3 is 6.09 Å². The normalized spacial score (nSPS) is 15.1. The molecular formula is C7H14N2O4. The quantitative estimate of drug-likeness (QED) is 0.360. The fourth-order valence-electron chi connectivity index (χ4n) is 0.868. The number of nitrogens with one attached hydrogen (secondary N) is 1.